The molecule has 0 unspecified atom stereocenters. The first-order valence-electron chi connectivity index (χ1n) is 8.67. The minimum atomic E-state index is -4.23. The molecule has 0 aliphatic heterocycles. The molecule has 0 rings (SSSR count). The number of rotatable bonds is 14. The summed E-state index contributed by atoms with van der Waals surface area (Å²) in [5.41, 5.74) is 0. The Labute approximate surface area is 143 Å². The van der Waals surface area contributed by atoms with Gasteiger partial charge in [0.1, 0.15) is 0 Å². The third-order valence-corrected chi connectivity index (χ3v) is 3.60. The van der Waals surface area contributed by atoms with E-state index < -0.39 is 10.4 Å². The van der Waals surface area contributed by atoms with Crippen LogP contribution >= 0.6 is 0 Å². The highest BCUT2D eigenvalue weighted by atomic mass is 32.3. The molecular formula is C16H39NO5S. The van der Waals surface area contributed by atoms with Gasteiger partial charge in [0.2, 0.25) is 0 Å². The van der Waals surface area contributed by atoms with E-state index in [0.29, 0.717) is 6.42 Å². The predicted octanol–water partition coefficient (Wildman–Crippen LogP) is 4.93. The third kappa shape index (κ3) is 34.2. The average molecular weight is 358 g/mol. The lowest BCUT2D eigenvalue weighted by Crippen LogP contribution is -2.04. The van der Waals surface area contributed by atoms with Crippen LogP contribution in [0.15, 0.2) is 0 Å². The predicted molar refractivity (Wildman–Crippen MR) is 96.5 cm³/mol. The first kappa shape index (κ1) is 27.6. The van der Waals surface area contributed by atoms with Crippen LogP contribution in [0.5, 0.6) is 0 Å². The van der Waals surface area contributed by atoms with E-state index in [-0.39, 0.29) is 12.8 Å². The normalized spacial score (nSPS) is 10.6. The van der Waals surface area contributed by atoms with Gasteiger partial charge in [-0.25, -0.2) is 4.18 Å². The van der Waals surface area contributed by atoms with Crippen LogP contribution in [0, 0.1) is 0 Å². The van der Waals surface area contributed by atoms with Crippen molar-refractivity contribution >= 4 is 10.4 Å². The minimum Gasteiger partial charge on any atom is -0.382 e. The summed E-state index contributed by atoms with van der Waals surface area (Å²) in [5.74, 6) is 0. The molecule has 0 aliphatic rings. The summed E-state index contributed by atoms with van der Waals surface area (Å²) < 4.78 is 37.8. The van der Waals surface area contributed by atoms with E-state index in [2.05, 4.69) is 11.1 Å². The van der Waals surface area contributed by atoms with E-state index >= 15 is 0 Å². The van der Waals surface area contributed by atoms with E-state index in [1.807, 2.05) is 13.8 Å². The van der Waals surface area contributed by atoms with Crippen molar-refractivity contribution in [2.75, 3.05) is 19.8 Å². The van der Waals surface area contributed by atoms with Gasteiger partial charge in [-0.1, -0.05) is 64.7 Å². The maximum absolute atomic E-state index is 10.2. The van der Waals surface area contributed by atoms with Gasteiger partial charge in [0, 0.05) is 13.2 Å². The molecule has 23 heavy (non-hydrogen) atoms. The van der Waals surface area contributed by atoms with Gasteiger partial charge < -0.3 is 10.9 Å². The number of unbranched alkanes of at least 4 members (excludes halogenated alkanes) is 9. The topological polar surface area (TPSA) is 108 Å². The fraction of sp³-hybridized carbons (Fsp3) is 1.00. The zero-order valence-electron chi connectivity index (χ0n) is 15.4. The molecule has 0 heterocycles. The van der Waals surface area contributed by atoms with Gasteiger partial charge in [0.05, 0.1) is 6.61 Å². The summed E-state index contributed by atoms with van der Waals surface area (Å²) in [5, 5.41) is 0. The first-order valence-corrected chi connectivity index (χ1v) is 10.0. The molecule has 0 spiro atoms. The molecule has 0 amide bonds. The molecule has 0 aromatic heterocycles. The Morgan fingerprint density at radius 1 is 0.739 bits per heavy atom. The fourth-order valence-corrected chi connectivity index (χ4v) is 2.29. The van der Waals surface area contributed by atoms with Crippen molar-refractivity contribution in [3.63, 3.8) is 0 Å². The molecule has 144 valence electrons. The second-order valence-electron chi connectivity index (χ2n) is 5.21. The van der Waals surface area contributed by atoms with Gasteiger partial charge in [-0.05, 0) is 20.3 Å². The Hall–Kier alpha value is -0.210. The van der Waals surface area contributed by atoms with Crippen molar-refractivity contribution in [2.45, 2.75) is 85.0 Å². The molecule has 0 atom stereocenters. The summed E-state index contributed by atoms with van der Waals surface area (Å²) in [4.78, 5) is 0. The van der Waals surface area contributed by atoms with Crippen LogP contribution in [-0.4, -0.2) is 32.8 Å². The Morgan fingerprint density at radius 2 is 1.13 bits per heavy atom. The van der Waals surface area contributed by atoms with Crippen molar-refractivity contribution in [2.24, 2.45) is 0 Å². The van der Waals surface area contributed by atoms with Crippen LogP contribution < -0.4 is 6.15 Å². The Morgan fingerprint density at radius 3 is 1.43 bits per heavy atom. The molecule has 4 N–H and O–H groups in total. The third-order valence-electron chi connectivity index (χ3n) is 3.14. The highest BCUT2D eigenvalue weighted by Gasteiger charge is 2.02. The Balaban J connectivity index is -0.000000578. The van der Waals surface area contributed by atoms with Gasteiger partial charge in [0.15, 0.2) is 0 Å². The summed E-state index contributed by atoms with van der Waals surface area (Å²) in [6.07, 6.45) is 11.9. The van der Waals surface area contributed by atoms with Crippen LogP contribution in [-0.2, 0) is 19.3 Å². The zero-order valence-corrected chi connectivity index (χ0v) is 16.2. The highest BCUT2D eigenvalue weighted by Crippen LogP contribution is 2.10. The SMILES string of the molecule is CCCCCCCCCCCCOS(=O)(=O)O.CCOCC.N. The van der Waals surface area contributed by atoms with Gasteiger partial charge in [-0.15, -0.1) is 0 Å². The summed E-state index contributed by atoms with van der Waals surface area (Å²) in [7, 11) is -4.23. The van der Waals surface area contributed by atoms with Crippen molar-refractivity contribution in [1.29, 1.82) is 0 Å². The lowest BCUT2D eigenvalue weighted by atomic mass is 10.1. The summed E-state index contributed by atoms with van der Waals surface area (Å²) in [6, 6.07) is 0. The van der Waals surface area contributed by atoms with Crippen LogP contribution in [0.2, 0.25) is 0 Å². The van der Waals surface area contributed by atoms with Crippen molar-refractivity contribution < 1.29 is 21.9 Å². The largest absolute Gasteiger partial charge is 0.397 e. The molecule has 0 aliphatic carbocycles. The van der Waals surface area contributed by atoms with Crippen LogP contribution in [0.3, 0.4) is 0 Å². The average Bonchev–Trinajstić information content (AvgIpc) is 2.45. The molecule has 0 fully saturated rings. The second-order valence-corrected chi connectivity index (χ2v) is 6.30. The maximum Gasteiger partial charge on any atom is 0.397 e. The maximum atomic E-state index is 10.2. The Kier molecular flexibility index (Phi) is 26.2. The fourth-order valence-electron chi connectivity index (χ4n) is 1.96. The van der Waals surface area contributed by atoms with Gasteiger partial charge >= 0.3 is 10.4 Å². The van der Waals surface area contributed by atoms with Gasteiger partial charge in [0.25, 0.3) is 0 Å². The molecule has 0 saturated heterocycles. The molecule has 0 aromatic carbocycles. The first-order chi connectivity index (χ1) is 10.5. The van der Waals surface area contributed by atoms with Crippen LogP contribution in [0.4, 0.5) is 0 Å². The molecule has 7 heteroatoms. The van der Waals surface area contributed by atoms with Gasteiger partial charge in [-0.3, -0.25) is 4.55 Å². The van der Waals surface area contributed by atoms with E-state index in [9.17, 15) is 8.42 Å². The quantitative estimate of drug-likeness (QED) is 0.337. The Bertz CT molecular complexity index is 295. The molecule has 6 nitrogen and oxygen atoms in total. The minimum absolute atomic E-state index is 0. The number of hydrogen-bond donors (Lipinski definition) is 2. The number of ether oxygens (including phenoxy) is 1. The van der Waals surface area contributed by atoms with E-state index in [4.69, 9.17) is 9.29 Å². The molecule has 0 radical (unpaired) electrons. The molecular weight excluding hydrogens is 318 g/mol. The van der Waals surface area contributed by atoms with Gasteiger partial charge in [-0.2, -0.15) is 8.42 Å². The zero-order chi connectivity index (χ0) is 17.1. The monoisotopic (exact) mass is 357 g/mol. The van der Waals surface area contributed by atoms with E-state index in [0.717, 1.165) is 26.1 Å². The second kappa shape index (κ2) is 21.8. The van der Waals surface area contributed by atoms with Crippen molar-refractivity contribution in [1.82, 2.24) is 6.15 Å². The summed E-state index contributed by atoms with van der Waals surface area (Å²) >= 11 is 0. The lowest BCUT2D eigenvalue weighted by molar-refractivity contribution is 0.162. The lowest BCUT2D eigenvalue weighted by Gasteiger charge is -2.02. The highest BCUT2D eigenvalue weighted by molar-refractivity contribution is 7.80. The smallest absolute Gasteiger partial charge is 0.382 e. The number of hydrogen-bond acceptors (Lipinski definition) is 5. The van der Waals surface area contributed by atoms with Crippen LogP contribution in [0.1, 0.15) is 85.0 Å². The van der Waals surface area contributed by atoms with Crippen molar-refractivity contribution in [3.8, 4) is 0 Å². The summed E-state index contributed by atoms with van der Waals surface area (Å²) in [6.45, 7) is 7.98. The molecule has 0 bridgehead atoms. The van der Waals surface area contributed by atoms with Crippen LogP contribution in [0.25, 0.3) is 0 Å². The molecule has 0 saturated carbocycles. The van der Waals surface area contributed by atoms with E-state index in [1.165, 1.54) is 44.9 Å². The molecule has 0 aromatic rings. The van der Waals surface area contributed by atoms with Crippen molar-refractivity contribution in [3.05, 3.63) is 0 Å². The standard InChI is InChI=1S/C12H26O4S.C4H10O.H3N/c1-2-3-4-5-6-7-8-9-10-11-12-16-17(13,14)15;1-3-5-4-2;/h2-12H2,1H3,(H,13,14,15);3-4H2,1-2H3;1H3. The van der Waals surface area contributed by atoms with E-state index in [1.54, 1.807) is 0 Å².